The highest BCUT2D eigenvalue weighted by Gasteiger charge is 2.32. The molecular formula is C22H42O10. The quantitative estimate of drug-likeness (QED) is 0.160. The molecule has 0 bridgehead atoms. The first kappa shape index (κ1) is 30.9. The van der Waals surface area contributed by atoms with Gasteiger partial charge in [0.1, 0.15) is 6.10 Å². The summed E-state index contributed by atoms with van der Waals surface area (Å²) in [4.78, 5) is 11.2. The first-order valence-electron chi connectivity index (χ1n) is 10.9. The van der Waals surface area contributed by atoms with E-state index >= 15 is 0 Å². The largest absolute Gasteiger partial charge is 0.457 e. The Labute approximate surface area is 191 Å². The zero-order valence-electron chi connectivity index (χ0n) is 19.9. The van der Waals surface area contributed by atoms with Crippen molar-refractivity contribution in [2.75, 3.05) is 66.1 Å². The van der Waals surface area contributed by atoms with Gasteiger partial charge in [0, 0.05) is 6.08 Å². The van der Waals surface area contributed by atoms with Crippen LogP contribution in [-0.2, 0) is 33.2 Å². The molecule has 0 fully saturated rings. The van der Waals surface area contributed by atoms with E-state index in [9.17, 15) is 15.0 Å². The number of carbonyl (C=O) groups excluding carboxylic acids is 1. The Balaban J connectivity index is 4.59. The van der Waals surface area contributed by atoms with Crippen LogP contribution in [0.3, 0.4) is 0 Å². The molecule has 5 unspecified atom stereocenters. The summed E-state index contributed by atoms with van der Waals surface area (Å²) in [5.41, 5.74) is -0.835. The van der Waals surface area contributed by atoms with Gasteiger partial charge in [0.25, 0.3) is 0 Å². The molecule has 0 saturated heterocycles. The molecule has 0 aliphatic carbocycles. The van der Waals surface area contributed by atoms with E-state index < -0.39 is 23.6 Å². The molecule has 0 saturated carbocycles. The molecular weight excluding hydrogens is 424 g/mol. The van der Waals surface area contributed by atoms with Crippen molar-refractivity contribution in [1.82, 2.24) is 0 Å². The van der Waals surface area contributed by atoms with E-state index in [0.29, 0.717) is 0 Å². The second-order valence-corrected chi connectivity index (χ2v) is 8.05. The number of hydrogen-bond donors (Lipinski definition) is 3. The van der Waals surface area contributed by atoms with Crippen LogP contribution in [0, 0.1) is 5.41 Å². The average Bonchev–Trinajstić information content (AvgIpc) is 2.75. The Bertz CT molecular complexity index is 487. The molecule has 32 heavy (non-hydrogen) atoms. The topological polar surface area (TPSA) is 133 Å². The summed E-state index contributed by atoms with van der Waals surface area (Å²) < 4.78 is 33.0. The fourth-order valence-electron chi connectivity index (χ4n) is 2.52. The van der Waals surface area contributed by atoms with Crippen molar-refractivity contribution >= 4 is 5.97 Å². The van der Waals surface area contributed by atoms with Gasteiger partial charge < -0.3 is 43.7 Å². The lowest BCUT2D eigenvalue weighted by Gasteiger charge is -2.32. The molecule has 0 aromatic heterocycles. The maximum Gasteiger partial charge on any atom is 0.330 e. The maximum atomic E-state index is 11.2. The van der Waals surface area contributed by atoms with Crippen LogP contribution in [0.25, 0.3) is 0 Å². The minimum absolute atomic E-state index is 0.0678. The van der Waals surface area contributed by atoms with E-state index in [1.807, 2.05) is 13.8 Å². The third-order valence-corrected chi connectivity index (χ3v) is 4.22. The third kappa shape index (κ3) is 15.7. The SMILES string of the molecule is C=CC(=O)OC(C)COC(C)COCC(CO)(COCC(C)O)COCC(C)OCCO. The normalized spacial score (nSPS) is 17.2. The van der Waals surface area contributed by atoms with Crippen LogP contribution in [-0.4, -0.2) is 112 Å². The first-order valence-corrected chi connectivity index (χ1v) is 10.9. The average molecular weight is 467 g/mol. The van der Waals surface area contributed by atoms with Gasteiger partial charge >= 0.3 is 5.97 Å². The van der Waals surface area contributed by atoms with Crippen molar-refractivity contribution in [2.24, 2.45) is 5.41 Å². The van der Waals surface area contributed by atoms with Crippen LogP contribution in [0.5, 0.6) is 0 Å². The lowest BCUT2D eigenvalue weighted by Crippen LogP contribution is -2.42. The van der Waals surface area contributed by atoms with Crippen LogP contribution in [0.2, 0.25) is 0 Å². The Morgan fingerprint density at radius 3 is 1.88 bits per heavy atom. The number of ether oxygens (including phenoxy) is 6. The molecule has 190 valence electrons. The maximum absolute atomic E-state index is 11.2. The number of hydrogen-bond acceptors (Lipinski definition) is 10. The van der Waals surface area contributed by atoms with Gasteiger partial charge in [-0.2, -0.15) is 0 Å². The fourth-order valence-corrected chi connectivity index (χ4v) is 2.52. The summed E-state index contributed by atoms with van der Waals surface area (Å²) in [6.45, 7) is 11.5. The zero-order valence-corrected chi connectivity index (χ0v) is 19.9. The van der Waals surface area contributed by atoms with Crippen molar-refractivity contribution in [3.8, 4) is 0 Å². The predicted molar refractivity (Wildman–Crippen MR) is 117 cm³/mol. The molecule has 10 nitrogen and oxygen atoms in total. The number of esters is 1. The number of aliphatic hydroxyl groups excluding tert-OH is 3. The highest BCUT2D eigenvalue weighted by Crippen LogP contribution is 2.20. The number of carbonyl (C=O) groups is 1. The van der Waals surface area contributed by atoms with Crippen LogP contribution in [0.4, 0.5) is 0 Å². The van der Waals surface area contributed by atoms with Gasteiger partial charge in [-0.05, 0) is 27.7 Å². The summed E-state index contributed by atoms with van der Waals surface area (Å²) in [6.07, 6.45) is -0.452. The van der Waals surface area contributed by atoms with E-state index in [-0.39, 0.29) is 78.3 Å². The lowest BCUT2D eigenvalue weighted by molar-refractivity contribution is -0.147. The van der Waals surface area contributed by atoms with Gasteiger partial charge in [0.2, 0.25) is 0 Å². The van der Waals surface area contributed by atoms with Crippen molar-refractivity contribution in [3.63, 3.8) is 0 Å². The molecule has 0 radical (unpaired) electrons. The van der Waals surface area contributed by atoms with Crippen LogP contribution < -0.4 is 0 Å². The van der Waals surface area contributed by atoms with E-state index in [1.54, 1.807) is 13.8 Å². The highest BCUT2D eigenvalue weighted by atomic mass is 16.6. The minimum atomic E-state index is -0.835. The Kier molecular flexibility index (Phi) is 17.7. The van der Waals surface area contributed by atoms with Crippen molar-refractivity contribution in [1.29, 1.82) is 0 Å². The first-order chi connectivity index (χ1) is 15.2. The predicted octanol–water partition coefficient (Wildman–Crippen LogP) is 0.316. The second kappa shape index (κ2) is 18.3. The molecule has 0 heterocycles. The van der Waals surface area contributed by atoms with Gasteiger partial charge in [-0.1, -0.05) is 6.58 Å². The second-order valence-electron chi connectivity index (χ2n) is 8.05. The standard InChI is InChI=1S/C22H42O10/c1-6-21(26)32-20(5)12-31-19(4)11-29-16-22(13-24,14-27-9-17(2)25)15-28-10-18(3)30-8-7-23/h6,17-20,23-25H,1,7-16H2,2-5H3. The van der Waals surface area contributed by atoms with E-state index in [4.69, 9.17) is 33.5 Å². The highest BCUT2D eigenvalue weighted by molar-refractivity contribution is 5.81. The monoisotopic (exact) mass is 466 g/mol. The summed E-state index contributed by atoms with van der Waals surface area (Å²) in [5, 5.41) is 28.3. The van der Waals surface area contributed by atoms with Crippen LogP contribution in [0.1, 0.15) is 27.7 Å². The van der Waals surface area contributed by atoms with Crippen molar-refractivity contribution < 1.29 is 48.5 Å². The van der Waals surface area contributed by atoms with Crippen molar-refractivity contribution in [3.05, 3.63) is 12.7 Å². The van der Waals surface area contributed by atoms with Gasteiger partial charge in [-0.25, -0.2) is 4.79 Å². The van der Waals surface area contributed by atoms with E-state index in [1.165, 1.54) is 0 Å². The zero-order chi connectivity index (χ0) is 24.4. The Hall–Kier alpha value is -1.11. The summed E-state index contributed by atoms with van der Waals surface area (Å²) >= 11 is 0. The molecule has 0 rings (SSSR count). The molecule has 10 heteroatoms. The molecule has 5 atom stereocenters. The lowest BCUT2D eigenvalue weighted by atomic mass is 9.92. The minimum Gasteiger partial charge on any atom is -0.457 e. The molecule has 0 amide bonds. The molecule has 0 aromatic carbocycles. The molecule has 0 aromatic rings. The van der Waals surface area contributed by atoms with Gasteiger partial charge in [-0.15, -0.1) is 0 Å². The van der Waals surface area contributed by atoms with E-state index in [2.05, 4.69) is 6.58 Å². The smallest absolute Gasteiger partial charge is 0.330 e. The summed E-state index contributed by atoms with van der Waals surface area (Å²) in [6, 6.07) is 0. The van der Waals surface area contributed by atoms with Crippen LogP contribution >= 0.6 is 0 Å². The Morgan fingerprint density at radius 2 is 1.41 bits per heavy atom. The summed E-state index contributed by atoms with van der Waals surface area (Å²) in [7, 11) is 0. The molecule has 0 aliphatic rings. The van der Waals surface area contributed by atoms with Gasteiger partial charge in [0.05, 0.1) is 89.8 Å². The van der Waals surface area contributed by atoms with E-state index in [0.717, 1.165) is 6.08 Å². The molecule has 0 spiro atoms. The van der Waals surface area contributed by atoms with Gasteiger partial charge in [-0.3, -0.25) is 0 Å². The number of aliphatic hydroxyl groups is 3. The third-order valence-electron chi connectivity index (χ3n) is 4.22. The van der Waals surface area contributed by atoms with Crippen molar-refractivity contribution in [2.45, 2.75) is 52.1 Å². The number of rotatable bonds is 21. The molecule has 0 aliphatic heterocycles. The fraction of sp³-hybridized carbons (Fsp3) is 0.864. The molecule has 3 N–H and O–H groups in total. The van der Waals surface area contributed by atoms with Gasteiger partial charge in [0.15, 0.2) is 0 Å². The van der Waals surface area contributed by atoms with Crippen LogP contribution in [0.15, 0.2) is 12.7 Å². The Morgan fingerprint density at radius 1 is 0.875 bits per heavy atom. The summed E-state index contributed by atoms with van der Waals surface area (Å²) in [5.74, 6) is -0.508.